The first-order chi connectivity index (χ1) is 10.8. The SMILES string of the molecule is NC1(c2noc(-c3cccc4c3OCCO4)n2)CCCCC1. The van der Waals surface area contributed by atoms with Crippen LogP contribution in [0.3, 0.4) is 0 Å². The predicted molar refractivity (Wildman–Crippen MR) is 79.7 cm³/mol. The molecule has 2 heterocycles. The first-order valence-corrected chi connectivity index (χ1v) is 7.78. The van der Waals surface area contributed by atoms with Gasteiger partial charge in [0.15, 0.2) is 17.3 Å². The number of hydrogen-bond acceptors (Lipinski definition) is 6. The molecule has 1 aliphatic carbocycles. The van der Waals surface area contributed by atoms with Crippen LogP contribution in [-0.4, -0.2) is 23.4 Å². The van der Waals surface area contributed by atoms with Gasteiger partial charge in [0.2, 0.25) is 0 Å². The number of nitrogens with zero attached hydrogens (tertiary/aromatic N) is 2. The highest BCUT2D eigenvalue weighted by atomic mass is 16.6. The molecule has 1 aromatic heterocycles. The van der Waals surface area contributed by atoms with Crippen molar-refractivity contribution >= 4 is 0 Å². The summed E-state index contributed by atoms with van der Waals surface area (Å²) in [5.74, 6) is 2.41. The average Bonchev–Trinajstić information content (AvgIpc) is 3.06. The number of nitrogens with two attached hydrogens (primary N) is 1. The van der Waals surface area contributed by atoms with E-state index in [1.807, 2.05) is 18.2 Å². The van der Waals surface area contributed by atoms with E-state index in [1.165, 1.54) is 6.42 Å². The fraction of sp³-hybridized carbons (Fsp3) is 0.500. The van der Waals surface area contributed by atoms with Gasteiger partial charge in [-0.3, -0.25) is 0 Å². The van der Waals surface area contributed by atoms with Crippen molar-refractivity contribution in [1.29, 1.82) is 0 Å². The van der Waals surface area contributed by atoms with Gasteiger partial charge in [-0.05, 0) is 25.0 Å². The molecular formula is C16H19N3O3. The van der Waals surface area contributed by atoms with Crippen LogP contribution in [0.1, 0.15) is 37.9 Å². The summed E-state index contributed by atoms with van der Waals surface area (Å²) in [6.07, 6.45) is 5.24. The van der Waals surface area contributed by atoms with E-state index in [2.05, 4.69) is 10.1 Å². The normalized spacial score (nSPS) is 19.9. The highest BCUT2D eigenvalue weighted by Crippen LogP contribution is 2.40. The van der Waals surface area contributed by atoms with E-state index in [1.54, 1.807) is 0 Å². The van der Waals surface area contributed by atoms with Gasteiger partial charge in [0.25, 0.3) is 5.89 Å². The molecule has 6 heteroatoms. The van der Waals surface area contributed by atoms with Gasteiger partial charge in [-0.25, -0.2) is 0 Å². The van der Waals surface area contributed by atoms with Crippen molar-refractivity contribution in [2.75, 3.05) is 13.2 Å². The Kier molecular flexibility index (Phi) is 3.26. The van der Waals surface area contributed by atoms with E-state index in [4.69, 9.17) is 19.7 Å². The van der Waals surface area contributed by atoms with E-state index in [9.17, 15) is 0 Å². The monoisotopic (exact) mass is 301 g/mol. The minimum Gasteiger partial charge on any atom is -0.486 e. The van der Waals surface area contributed by atoms with Crippen LogP contribution >= 0.6 is 0 Å². The molecule has 0 bridgehead atoms. The van der Waals surface area contributed by atoms with E-state index in [0.717, 1.165) is 31.2 Å². The summed E-state index contributed by atoms with van der Waals surface area (Å²) in [7, 11) is 0. The summed E-state index contributed by atoms with van der Waals surface area (Å²) in [6.45, 7) is 1.07. The van der Waals surface area contributed by atoms with Crippen molar-refractivity contribution < 1.29 is 14.0 Å². The van der Waals surface area contributed by atoms with Crippen molar-refractivity contribution in [3.63, 3.8) is 0 Å². The standard InChI is InChI=1S/C16H19N3O3/c17-16(7-2-1-3-8-16)15-18-14(22-19-15)11-5-4-6-12-13(11)21-10-9-20-12/h4-6H,1-3,7-10,17H2. The molecule has 0 radical (unpaired) electrons. The van der Waals surface area contributed by atoms with Crippen LogP contribution in [-0.2, 0) is 5.54 Å². The topological polar surface area (TPSA) is 83.4 Å². The van der Waals surface area contributed by atoms with Crippen LogP contribution in [0, 0.1) is 0 Å². The summed E-state index contributed by atoms with van der Waals surface area (Å²) < 4.78 is 16.8. The summed E-state index contributed by atoms with van der Waals surface area (Å²) >= 11 is 0. The van der Waals surface area contributed by atoms with Crippen molar-refractivity contribution in [1.82, 2.24) is 10.1 Å². The summed E-state index contributed by atoms with van der Waals surface area (Å²) in [5, 5.41) is 4.13. The largest absolute Gasteiger partial charge is 0.486 e. The Balaban J connectivity index is 1.70. The Labute approximate surface area is 128 Å². The zero-order chi connectivity index (χ0) is 15.0. The lowest BCUT2D eigenvalue weighted by Gasteiger charge is -2.29. The van der Waals surface area contributed by atoms with Crippen LogP contribution in [0.25, 0.3) is 11.5 Å². The lowest BCUT2D eigenvalue weighted by Crippen LogP contribution is -2.39. The molecule has 4 rings (SSSR count). The fourth-order valence-corrected chi connectivity index (χ4v) is 3.18. The third-order valence-electron chi connectivity index (χ3n) is 4.41. The van der Waals surface area contributed by atoms with Gasteiger partial charge in [-0.2, -0.15) is 4.98 Å². The third kappa shape index (κ3) is 2.23. The van der Waals surface area contributed by atoms with Gasteiger partial charge in [-0.15, -0.1) is 0 Å². The summed E-state index contributed by atoms with van der Waals surface area (Å²) in [5.41, 5.74) is 6.76. The Morgan fingerprint density at radius 3 is 2.73 bits per heavy atom. The number of benzene rings is 1. The number of aromatic nitrogens is 2. The second-order valence-corrected chi connectivity index (χ2v) is 5.97. The molecule has 0 unspecified atom stereocenters. The molecule has 0 spiro atoms. The van der Waals surface area contributed by atoms with Gasteiger partial charge >= 0.3 is 0 Å². The van der Waals surface area contributed by atoms with Crippen molar-refractivity contribution in [2.24, 2.45) is 5.73 Å². The van der Waals surface area contributed by atoms with Crippen LogP contribution in [0.4, 0.5) is 0 Å². The molecule has 6 nitrogen and oxygen atoms in total. The lowest BCUT2D eigenvalue weighted by atomic mass is 9.82. The lowest BCUT2D eigenvalue weighted by molar-refractivity contribution is 0.172. The first-order valence-electron chi connectivity index (χ1n) is 7.78. The predicted octanol–water partition coefficient (Wildman–Crippen LogP) is 2.63. The maximum absolute atomic E-state index is 6.47. The molecule has 1 saturated carbocycles. The smallest absolute Gasteiger partial charge is 0.261 e. The van der Waals surface area contributed by atoms with Crippen LogP contribution in [0.5, 0.6) is 11.5 Å². The summed E-state index contributed by atoms with van der Waals surface area (Å²) in [4.78, 5) is 4.55. The maximum atomic E-state index is 6.47. The van der Waals surface area contributed by atoms with Gasteiger partial charge in [0.1, 0.15) is 13.2 Å². The molecule has 1 aromatic carbocycles. The summed E-state index contributed by atoms with van der Waals surface area (Å²) in [6, 6.07) is 5.67. The average molecular weight is 301 g/mol. The van der Waals surface area contributed by atoms with E-state index in [-0.39, 0.29) is 0 Å². The molecule has 116 valence electrons. The Bertz CT molecular complexity index is 677. The van der Waals surface area contributed by atoms with E-state index < -0.39 is 5.54 Å². The number of ether oxygens (including phenoxy) is 2. The van der Waals surface area contributed by atoms with Crippen molar-refractivity contribution in [3.8, 4) is 23.0 Å². The molecule has 0 atom stereocenters. The van der Waals surface area contributed by atoms with Crippen molar-refractivity contribution in [2.45, 2.75) is 37.6 Å². The fourth-order valence-electron chi connectivity index (χ4n) is 3.18. The molecule has 1 aliphatic heterocycles. The molecule has 0 saturated heterocycles. The third-order valence-corrected chi connectivity index (χ3v) is 4.41. The Morgan fingerprint density at radius 2 is 1.86 bits per heavy atom. The van der Waals surface area contributed by atoms with E-state index >= 15 is 0 Å². The minimum atomic E-state index is -0.466. The number of rotatable bonds is 2. The van der Waals surface area contributed by atoms with Crippen molar-refractivity contribution in [3.05, 3.63) is 24.0 Å². The zero-order valence-corrected chi connectivity index (χ0v) is 12.4. The highest BCUT2D eigenvalue weighted by Gasteiger charge is 2.35. The van der Waals surface area contributed by atoms with Crippen LogP contribution in [0.2, 0.25) is 0 Å². The Morgan fingerprint density at radius 1 is 1.05 bits per heavy atom. The molecule has 1 fully saturated rings. The zero-order valence-electron chi connectivity index (χ0n) is 12.4. The molecule has 0 amide bonds. The molecule has 2 aromatic rings. The molecule has 2 N–H and O–H groups in total. The van der Waals surface area contributed by atoms with Crippen LogP contribution < -0.4 is 15.2 Å². The van der Waals surface area contributed by atoms with Crippen LogP contribution in [0.15, 0.2) is 22.7 Å². The molecule has 22 heavy (non-hydrogen) atoms. The van der Waals surface area contributed by atoms with Gasteiger partial charge in [-0.1, -0.05) is 30.5 Å². The molecule has 2 aliphatic rings. The maximum Gasteiger partial charge on any atom is 0.261 e. The minimum absolute atomic E-state index is 0.438. The highest BCUT2D eigenvalue weighted by molar-refractivity contribution is 5.68. The number of para-hydroxylation sites is 1. The second kappa shape index (κ2) is 5.28. The van der Waals surface area contributed by atoms with Gasteiger partial charge < -0.3 is 19.7 Å². The number of fused-ring (bicyclic) bond motifs is 1. The first kappa shape index (κ1) is 13.6. The molecular weight excluding hydrogens is 282 g/mol. The van der Waals surface area contributed by atoms with E-state index in [0.29, 0.717) is 36.4 Å². The Hall–Kier alpha value is -2.08. The number of hydrogen-bond donors (Lipinski definition) is 1. The van der Waals surface area contributed by atoms with Gasteiger partial charge in [0.05, 0.1) is 11.1 Å². The quantitative estimate of drug-likeness (QED) is 0.918. The second-order valence-electron chi connectivity index (χ2n) is 5.97. The van der Waals surface area contributed by atoms with Gasteiger partial charge in [0, 0.05) is 0 Å².